The van der Waals surface area contributed by atoms with Crippen LogP contribution in [0.4, 0.5) is 0 Å². The lowest BCUT2D eigenvalue weighted by atomic mass is 10.1. The molecule has 1 aromatic heterocycles. The second-order valence-electron chi connectivity index (χ2n) is 5.90. The molecular formula is C18H26N4O3. The highest BCUT2D eigenvalue weighted by atomic mass is 16.5. The average Bonchev–Trinajstić information content (AvgIpc) is 2.58. The first-order valence-electron chi connectivity index (χ1n) is 8.02. The number of pyridine rings is 1. The van der Waals surface area contributed by atoms with Crippen molar-refractivity contribution in [1.29, 1.82) is 5.26 Å². The Labute approximate surface area is 149 Å². The highest BCUT2D eigenvalue weighted by molar-refractivity contribution is 5.77. The summed E-state index contributed by atoms with van der Waals surface area (Å²) >= 11 is 0. The van der Waals surface area contributed by atoms with Gasteiger partial charge in [-0.2, -0.15) is 5.26 Å². The van der Waals surface area contributed by atoms with Gasteiger partial charge in [-0.05, 0) is 19.9 Å². The van der Waals surface area contributed by atoms with Crippen molar-refractivity contribution in [3.05, 3.63) is 30.5 Å². The number of nitriles is 1. The summed E-state index contributed by atoms with van der Waals surface area (Å²) < 4.78 is 11.1. The summed E-state index contributed by atoms with van der Waals surface area (Å²) in [4.78, 5) is 19.3. The fourth-order valence-electron chi connectivity index (χ4n) is 2.24. The van der Waals surface area contributed by atoms with E-state index in [2.05, 4.69) is 17.6 Å². The largest absolute Gasteiger partial charge is 0.487 e. The molecule has 0 aliphatic carbocycles. The van der Waals surface area contributed by atoms with E-state index in [0.717, 1.165) is 12.8 Å². The number of amides is 1. The molecular weight excluding hydrogens is 320 g/mol. The number of hydrogen-bond acceptors (Lipinski definition) is 6. The van der Waals surface area contributed by atoms with Crippen molar-refractivity contribution in [2.24, 2.45) is 0 Å². The van der Waals surface area contributed by atoms with Gasteiger partial charge in [-0.15, -0.1) is 6.58 Å². The second-order valence-corrected chi connectivity index (χ2v) is 5.90. The SMILES string of the molecule is C=CCC[C@H](CN(C)CC(=O)N(C)C)Oc1ccnc(OC)c1C#N. The number of aromatic nitrogens is 1. The third-order valence-corrected chi connectivity index (χ3v) is 3.59. The maximum atomic E-state index is 11.9. The maximum absolute atomic E-state index is 11.9. The van der Waals surface area contributed by atoms with Gasteiger partial charge in [0.05, 0.1) is 13.7 Å². The van der Waals surface area contributed by atoms with E-state index < -0.39 is 0 Å². The van der Waals surface area contributed by atoms with Gasteiger partial charge < -0.3 is 14.4 Å². The van der Waals surface area contributed by atoms with E-state index in [1.807, 2.05) is 18.0 Å². The van der Waals surface area contributed by atoms with Crippen LogP contribution in [0.2, 0.25) is 0 Å². The summed E-state index contributed by atoms with van der Waals surface area (Å²) in [6, 6.07) is 3.72. The molecule has 1 atom stereocenters. The minimum absolute atomic E-state index is 0.0215. The Kier molecular flexibility index (Phi) is 8.44. The van der Waals surface area contributed by atoms with Crippen molar-refractivity contribution in [3.63, 3.8) is 0 Å². The molecule has 0 saturated carbocycles. The topological polar surface area (TPSA) is 78.7 Å². The van der Waals surface area contributed by atoms with Crippen molar-refractivity contribution >= 4 is 5.91 Å². The number of allylic oxidation sites excluding steroid dienone is 1. The van der Waals surface area contributed by atoms with E-state index in [1.165, 1.54) is 7.11 Å². The molecule has 136 valence electrons. The number of carbonyl (C=O) groups excluding carboxylic acids is 1. The molecule has 1 aromatic rings. The zero-order valence-corrected chi connectivity index (χ0v) is 15.4. The van der Waals surface area contributed by atoms with Crippen LogP contribution in [0.15, 0.2) is 24.9 Å². The Hall–Kier alpha value is -2.59. The lowest BCUT2D eigenvalue weighted by Crippen LogP contribution is -2.39. The minimum Gasteiger partial charge on any atom is -0.487 e. The van der Waals surface area contributed by atoms with Crippen LogP contribution in [-0.2, 0) is 4.79 Å². The maximum Gasteiger partial charge on any atom is 0.236 e. The van der Waals surface area contributed by atoms with Crippen LogP contribution in [-0.4, -0.2) is 68.1 Å². The summed E-state index contributed by atoms with van der Waals surface area (Å²) in [5.41, 5.74) is 0.264. The average molecular weight is 346 g/mol. The highest BCUT2D eigenvalue weighted by Gasteiger charge is 2.19. The molecule has 0 unspecified atom stereocenters. The molecule has 25 heavy (non-hydrogen) atoms. The number of likely N-dealkylation sites (N-methyl/N-ethyl adjacent to an activating group) is 2. The molecule has 1 rings (SSSR count). The summed E-state index contributed by atoms with van der Waals surface area (Å²) in [5.74, 6) is 0.683. The molecule has 0 aliphatic rings. The first-order chi connectivity index (χ1) is 11.9. The van der Waals surface area contributed by atoms with Gasteiger partial charge >= 0.3 is 0 Å². The van der Waals surface area contributed by atoms with E-state index in [4.69, 9.17) is 9.47 Å². The van der Waals surface area contributed by atoms with Gasteiger partial charge in [0.15, 0.2) is 5.56 Å². The molecule has 1 amide bonds. The smallest absolute Gasteiger partial charge is 0.236 e. The van der Waals surface area contributed by atoms with Gasteiger partial charge in [0.1, 0.15) is 17.9 Å². The Morgan fingerprint density at radius 3 is 2.76 bits per heavy atom. The Morgan fingerprint density at radius 2 is 2.20 bits per heavy atom. The number of carbonyl (C=O) groups is 1. The Bertz CT molecular complexity index is 625. The number of rotatable bonds is 10. The van der Waals surface area contributed by atoms with E-state index in [0.29, 0.717) is 18.8 Å². The molecule has 0 saturated heterocycles. The Balaban J connectivity index is 2.88. The second kappa shape index (κ2) is 10.3. The van der Waals surface area contributed by atoms with Gasteiger partial charge in [-0.25, -0.2) is 4.98 Å². The Morgan fingerprint density at radius 1 is 1.48 bits per heavy atom. The standard InChI is InChI=1S/C18H26N4O3/c1-6-7-8-14(12-22(4)13-17(23)21(2)3)25-16-9-10-20-18(24-5)15(16)11-19/h6,9-10,14H,1,7-8,12-13H2,2-5H3/t14-/m1/s1. The van der Waals surface area contributed by atoms with E-state index >= 15 is 0 Å². The molecule has 1 heterocycles. The van der Waals surface area contributed by atoms with Crippen LogP contribution >= 0.6 is 0 Å². The fourth-order valence-corrected chi connectivity index (χ4v) is 2.24. The van der Waals surface area contributed by atoms with E-state index in [-0.39, 0.29) is 23.5 Å². The molecule has 7 heteroatoms. The number of nitrogens with zero attached hydrogens (tertiary/aromatic N) is 4. The summed E-state index contributed by atoms with van der Waals surface area (Å²) in [5, 5.41) is 9.35. The third-order valence-electron chi connectivity index (χ3n) is 3.59. The molecule has 0 N–H and O–H groups in total. The lowest BCUT2D eigenvalue weighted by Gasteiger charge is -2.25. The summed E-state index contributed by atoms with van der Waals surface area (Å²) in [6.45, 7) is 4.58. The van der Waals surface area contributed by atoms with Gasteiger partial charge in [0.25, 0.3) is 0 Å². The van der Waals surface area contributed by atoms with Crippen molar-refractivity contribution in [3.8, 4) is 17.7 Å². The molecule has 0 spiro atoms. The van der Waals surface area contributed by atoms with Gasteiger partial charge in [0.2, 0.25) is 11.8 Å². The molecule has 0 radical (unpaired) electrons. The van der Waals surface area contributed by atoms with Crippen LogP contribution in [0.3, 0.4) is 0 Å². The molecule has 0 aliphatic heterocycles. The zero-order chi connectivity index (χ0) is 18.8. The molecule has 0 aromatic carbocycles. The monoisotopic (exact) mass is 346 g/mol. The first kappa shape index (κ1) is 20.5. The van der Waals surface area contributed by atoms with E-state index in [9.17, 15) is 10.1 Å². The van der Waals surface area contributed by atoms with Crippen LogP contribution in [0.25, 0.3) is 0 Å². The van der Waals surface area contributed by atoms with Crippen molar-refractivity contribution in [2.75, 3.05) is 41.3 Å². The first-order valence-corrected chi connectivity index (χ1v) is 8.02. The summed E-state index contributed by atoms with van der Waals surface area (Å²) in [6.07, 6.45) is 4.65. The van der Waals surface area contributed by atoms with Crippen molar-refractivity contribution < 1.29 is 14.3 Å². The van der Waals surface area contributed by atoms with Gasteiger partial charge in [-0.3, -0.25) is 9.69 Å². The molecule has 7 nitrogen and oxygen atoms in total. The number of methoxy groups -OCH3 is 1. The van der Waals surface area contributed by atoms with Gasteiger partial charge in [0, 0.05) is 32.9 Å². The molecule has 0 fully saturated rings. The van der Waals surface area contributed by atoms with Crippen LogP contribution in [0.5, 0.6) is 11.6 Å². The van der Waals surface area contributed by atoms with Crippen LogP contribution in [0, 0.1) is 11.3 Å². The van der Waals surface area contributed by atoms with E-state index in [1.54, 1.807) is 31.3 Å². The fraction of sp³-hybridized carbons (Fsp3) is 0.500. The zero-order valence-electron chi connectivity index (χ0n) is 15.4. The predicted octanol–water partition coefficient (Wildman–Crippen LogP) is 1.70. The molecule has 0 bridgehead atoms. The van der Waals surface area contributed by atoms with Crippen molar-refractivity contribution in [2.45, 2.75) is 18.9 Å². The predicted molar refractivity (Wildman–Crippen MR) is 95.5 cm³/mol. The minimum atomic E-state index is -0.197. The van der Waals surface area contributed by atoms with Gasteiger partial charge in [-0.1, -0.05) is 6.08 Å². The summed E-state index contributed by atoms with van der Waals surface area (Å²) in [7, 11) is 6.78. The quantitative estimate of drug-likeness (QED) is 0.600. The normalized spacial score (nSPS) is 11.5. The number of hydrogen-bond donors (Lipinski definition) is 0. The van der Waals surface area contributed by atoms with Crippen LogP contribution < -0.4 is 9.47 Å². The van der Waals surface area contributed by atoms with Crippen molar-refractivity contribution in [1.82, 2.24) is 14.8 Å². The number of ether oxygens (including phenoxy) is 2. The third kappa shape index (κ3) is 6.43. The lowest BCUT2D eigenvalue weighted by molar-refractivity contribution is -0.129. The highest BCUT2D eigenvalue weighted by Crippen LogP contribution is 2.26. The van der Waals surface area contributed by atoms with Crippen LogP contribution in [0.1, 0.15) is 18.4 Å².